The molecule has 1 aliphatic carbocycles. The Kier molecular flexibility index (Phi) is 6.93. The summed E-state index contributed by atoms with van der Waals surface area (Å²) in [5, 5.41) is 2.41. The largest absolute Gasteiger partial charge is 0.377 e. The van der Waals surface area contributed by atoms with Gasteiger partial charge in [-0.25, -0.2) is 17.2 Å². The molecule has 2 aliphatic rings. The molecule has 182 valence electrons. The summed E-state index contributed by atoms with van der Waals surface area (Å²) in [6.07, 6.45) is 2.51. The average molecular weight is 513 g/mol. The maximum atomic E-state index is 14.6. The summed E-state index contributed by atoms with van der Waals surface area (Å²) in [7, 11) is -3.53. The van der Waals surface area contributed by atoms with E-state index >= 15 is 0 Å². The first-order chi connectivity index (χ1) is 16.1. The molecule has 1 N–H and O–H groups in total. The van der Waals surface area contributed by atoms with Crippen molar-refractivity contribution >= 4 is 33.3 Å². The highest BCUT2D eigenvalue weighted by atomic mass is 35.5. The number of morpholine rings is 1. The molecule has 2 amide bonds. The standard InChI is InChI=1S/C23H23ClF2N2O5S/c1-34(31,32)15-4-2-3-14(9-15)23(30)28-7-8-33-12-20(28)22(29)27-21(13-5-6-13)16-10-19(26)17(24)11-18(16)25/h2-4,9-11,13,20-21H,5-8,12H2,1H3,(H,27,29)/t20-,21-/m1/s1. The van der Waals surface area contributed by atoms with E-state index < -0.39 is 45.4 Å². The third-order valence-electron chi connectivity index (χ3n) is 5.97. The fourth-order valence-electron chi connectivity index (χ4n) is 3.99. The van der Waals surface area contributed by atoms with Gasteiger partial charge >= 0.3 is 0 Å². The third kappa shape index (κ3) is 5.24. The molecular weight excluding hydrogens is 490 g/mol. The number of nitrogens with zero attached hydrogens (tertiary/aromatic N) is 1. The van der Waals surface area contributed by atoms with Crippen LogP contribution in [0.4, 0.5) is 8.78 Å². The number of hydrogen-bond donors (Lipinski definition) is 1. The highest BCUT2D eigenvalue weighted by Crippen LogP contribution is 2.42. The molecule has 2 atom stereocenters. The van der Waals surface area contributed by atoms with E-state index in [-0.39, 0.29) is 46.7 Å². The molecule has 4 rings (SSSR count). The van der Waals surface area contributed by atoms with E-state index in [9.17, 15) is 26.8 Å². The van der Waals surface area contributed by atoms with E-state index in [1.54, 1.807) is 0 Å². The maximum Gasteiger partial charge on any atom is 0.254 e. The van der Waals surface area contributed by atoms with Crippen LogP contribution in [0.25, 0.3) is 0 Å². The van der Waals surface area contributed by atoms with Crippen LogP contribution in [0.2, 0.25) is 5.02 Å². The molecule has 1 aliphatic heterocycles. The monoisotopic (exact) mass is 512 g/mol. The highest BCUT2D eigenvalue weighted by Gasteiger charge is 2.39. The number of nitrogens with one attached hydrogen (secondary N) is 1. The Morgan fingerprint density at radius 3 is 2.59 bits per heavy atom. The van der Waals surface area contributed by atoms with Crippen molar-refractivity contribution in [2.24, 2.45) is 5.92 Å². The van der Waals surface area contributed by atoms with E-state index in [4.69, 9.17) is 16.3 Å². The molecule has 2 fully saturated rings. The number of benzene rings is 2. The average Bonchev–Trinajstić information content (AvgIpc) is 3.64. The van der Waals surface area contributed by atoms with Crippen LogP contribution in [-0.4, -0.2) is 57.2 Å². The molecule has 0 aromatic heterocycles. The summed E-state index contributed by atoms with van der Waals surface area (Å²) in [5.41, 5.74) is 0.111. The number of amides is 2. The molecule has 34 heavy (non-hydrogen) atoms. The predicted octanol–water partition coefficient (Wildman–Crippen LogP) is 3.13. The van der Waals surface area contributed by atoms with Crippen LogP contribution in [0.3, 0.4) is 0 Å². The second kappa shape index (κ2) is 9.59. The number of rotatable bonds is 6. The lowest BCUT2D eigenvalue weighted by molar-refractivity contribution is -0.131. The summed E-state index contributed by atoms with van der Waals surface area (Å²) in [6.45, 7) is 0.223. The van der Waals surface area contributed by atoms with Gasteiger partial charge < -0.3 is 15.0 Å². The SMILES string of the molecule is CS(=O)(=O)c1cccc(C(=O)N2CCOC[C@@H]2C(=O)N[C@@H](c2cc(F)c(Cl)cc2F)C2CC2)c1. The summed E-state index contributed by atoms with van der Waals surface area (Å²) in [5.74, 6) is -2.69. The number of carbonyl (C=O) groups excluding carboxylic acids is 2. The number of carbonyl (C=O) groups is 2. The van der Waals surface area contributed by atoms with Gasteiger partial charge in [0.15, 0.2) is 9.84 Å². The zero-order chi connectivity index (χ0) is 24.6. The molecule has 1 saturated heterocycles. The van der Waals surface area contributed by atoms with Crippen LogP contribution < -0.4 is 5.32 Å². The van der Waals surface area contributed by atoms with E-state index in [1.165, 1.54) is 29.2 Å². The molecule has 7 nitrogen and oxygen atoms in total. The first-order valence-corrected chi connectivity index (χ1v) is 13.0. The number of halogens is 3. The van der Waals surface area contributed by atoms with Crippen molar-refractivity contribution in [3.8, 4) is 0 Å². The van der Waals surface area contributed by atoms with Gasteiger partial charge in [0.1, 0.15) is 17.7 Å². The van der Waals surface area contributed by atoms with Gasteiger partial charge in [0.25, 0.3) is 5.91 Å². The molecular formula is C23H23ClF2N2O5S. The quantitative estimate of drug-likeness (QED) is 0.600. The zero-order valence-electron chi connectivity index (χ0n) is 18.3. The molecule has 2 aromatic rings. The van der Waals surface area contributed by atoms with Crippen LogP contribution in [-0.2, 0) is 19.4 Å². The summed E-state index contributed by atoms with van der Waals surface area (Å²) in [6, 6.07) is 5.63. The Labute approximate surface area is 200 Å². The van der Waals surface area contributed by atoms with Crippen LogP contribution >= 0.6 is 11.6 Å². The number of ether oxygens (including phenoxy) is 1. The van der Waals surface area contributed by atoms with Crippen LogP contribution in [0.5, 0.6) is 0 Å². The van der Waals surface area contributed by atoms with E-state index in [0.29, 0.717) is 0 Å². The predicted molar refractivity (Wildman–Crippen MR) is 120 cm³/mol. The van der Waals surface area contributed by atoms with Crippen molar-refractivity contribution in [2.45, 2.75) is 29.8 Å². The minimum absolute atomic E-state index is 0.00629. The highest BCUT2D eigenvalue weighted by molar-refractivity contribution is 7.90. The topological polar surface area (TPSA) is 92.8 Å². The van der Waals surface area contributed by atoms with Crippen molar-refractivity contribution in [1.82, 2.24) is 10.2 Å². The third-order valence-corrected chi connectivity index (χ3v) is 7.37. The molecule has 1 saturated carbocycles. The Bertz CT molecular complexity index is 1240. The maximum absolute atomic E-state index is 14.6. The fourth-order valence-corrected chi connectivity index (χ4v) is 4.81. The normalized spacial score (nSPS) is 19.5. The minimum atomic E-state index is -3.53. The smallest absolute Gasteiger partial charge is 0.254 e. The Hall–Kier alpha value is -2.56. The van der Waals surface area contributed by atoms with Crippen LogP contribution in [0.15, 0.2) is 41.3 Å². The molecule has 0 radical (unpaired) electrons. The Balaban J connectivity index is 1.58. The molecule has 0 bridgehead atoms. The van der Waals surface area contributed by atoms with Gasteiger partial charge in [0, 0.05) is 23.9 Å². The zero-order valence-corrected chi connectivity index (χ0v) is 19.8. The van der Waals surface area contributed by atoms with Crippen molar-refractivity contribution < 1.29 is 31.5 Å². The van der Waals surface area contributed by atoms with Gasteiger partial charge in [-0.2, -0.15) is 0 Å². The minimum Gasteiger partial charge on any atom is -0.377 e. The molecule has 0 unspecified atom stereocenters. The molecule has 11 heteroatoms. The molecule has 0 spiro atoms. The Morgan fingerprint density at radius 1 is 1.18 bits per heavy atom. The van der Waals surface area contributed by atoms with E-state index in [2.05, 4.69) is 5.32 Å². The van der Waals surface area contributed by atoms with Crippen molar-refractivity contribution in [2.75, 3.05) is 26.0 Å². The van der Waals surface area contributed by atoms with E-state index in [0.717, 1.165) is 31.2 Å². The fraction of sp³-hybridized carbons (Fsp3) is 0.391. The van der Waals surface area contributed by atoms with Crippen LogP contribution in [0, 0.1) is 17.6 Å². The van der Waals surface area contributed by atoms with Crippen molar-refractivity contribution in [3.05, 3.63) is 64.2 Å². The lowest BCUT2D eigenvalue weighted by atomic mass is 10.0. The summed E-state index contributed by atoms with van der Waals surface area (Å²) in [4.78, 5) is 27.7. The van der Waals surface area contributed by atoms with Gasteiger partial charge in [-0.1, -0.05) is 17.7 Å². The van der Waals surface area contributed by atoms with E-state index in [1.807, 2.05) is 0 Å². The van der Waals surface area contributed by atoms with Gasteiger partial charge in [-0.15, -0.1) is 0 Å². The first-order valence-electron chi connectivity index (χ1n) is 10.7. The summed E-state index contributed by atoms with van der Waals surface area (Å²) < 4.78 is 57.8. The summed E-state index contributed by atoms with van der Waals surface area (Å²) >= 11 is 5.66. The lowest BCUT2D eigenvalue weighted by Gasteiger charge is -2.35. The second-order valence-corrected chi connectivity index (χ2v) is 10.9. The van der Waals surface area contributed by atoms with Gasteiger partial charge in [0.05, 0.1) is 29.2 Å². The first kappa shape index (κ1) is 24.6. The van der Waals surface area contributed by atoms with Gasteiger partial charge in [0.2, 0.25) is 5.91 Å². The number of hydrogen-bond acceptors (Lipinski definition) is 5. The second-order valence-electron chi connectivity index (χ2n) is 8.50. The molecule has 2 aromatic carbocycles. The van der Waals surface area contributed by atoms with Crippen molar-refractivity contribution in [3.63, 3.8) is 0 Å². The lowest BCUT2D eigenvalue weighted by Crippen LogP contribution is -2.56. The Morgan fingerprint density at radius 2 is 1.91 bits per heavy atom. The number of sulfone groups is 1. The van der Waals surface area contributed by atoms with Gasteiger partial charge in [-0.3, -0.25) is 9.59 Å². The van der Waals surface area contributed by atoms with Gasteiger partial charge in [-0.05, 0) is 49.1 Å². The van der Waals surface area contributed by atoms with Crippen molar-refractivity contribution in [1.29, 1.82) is 0 Å². The molecule has 1 heterocycles. The van der Waals surface area contributed by atoms with Crippen LogP contribution in [0.1, 0.15) is 34.8 Å².